The molecule has 0 bridgehead atoms. The third-order valence-electron chi connectivity index (χ3n) is 4.20. The van der Waals surface area contributed by atoms with Crippen LogP contribution in [0.25, 0.3) is 0 Å². The van der Waals surface area contributed by atoms with Crippen LogP contribution in [0.5, 0.6) is 5.75 Å². The van der Waals surface area contributed by atoms with Crippen LogP contribution in [0.1, 0.15) is 25.5 Å². The summed E-state index contributed by atoms with van der Waals surface area (Å²) in [5.41, 5.74) is 1.03. The van der Waals surface area contributed by atoms with E-state index < -0.39 is 4.92 Å². The van der Waals surface area contributed by atoms with Gasteiger partial charge in [0, 0.05) is 23.6 Å². The first-order valence-corrected chi connectivity index (χ1v) is 8.53. The first-order chi connectivity index (χ1) is 12.8. The van der Waals surface area contributed by atoms with E-state index in [-0.39, 0.29) is 41.6 Å². The molecule has 0 fully saturated rings. The van der Waals surface area contributed by atoms with Gasteiger partial charge in [0.05, 0.1) is 17.7 Å². The smallest absolute Gasteiger partial charge is 0.279 e. The van der Waals surface area contributed by atoms with Gasteiger partial charge in [0.2, 0.25) is 0 Å². The standard InChI is InChI=1S/C19H22FN3O4/c1-12(2)19(13-4-6-14(20)7-5-13)21-11-18(24)22-16-10-15(23(25)26)8-9-17(16)27-3/h4-10,12,19,21H,11H2,1-3H3,(H,22,24)/p+1/t19-/m1/s1. The Morgan fingerprint density at radius 2 is 1.93 bits per heavy atom. The Morgan fingerprint density at radius 3 is 2.48 bits per heavy atom. The van der Waals surface area contributed by atoms with Gasteiger partial charge in [0.15, 0.2) is 6.54 Å². The van der Waals surface area contributed by atoms with E-state index in [1.54, 1.807) is 12.1 Å². The second-order valence-electron chi connectivity index (χ2n) is 6.45. The van der Waals surface area contributed by atoms with Gasteiger partial charge in [-0.15, -0.1) is 0 Å². The molecular formula is C19H23FN3O4+. The number of nitro groups is 1. The second-order valence-corrected chi connectivity index (χ2v) is 6.45. The average molecular weight is 376 g/mol. The van der Waals surface area contributed by atoms with E-state index in [4.69, 9.17) is 4.74 Å². The molecule has 8 heteroatoms. The number of quaternary nitrogens is 1. The number of methoxy groups -OCH3 is 1. The third kappa shape index (κ3) is 5.49. The molecule has 0 radical (unpaired) electrons. The maximum Gasteiger partial charge on any atom is 0.279 e. The summed E-state index contributed by atoms with van der Waals surface area (Å²) in [5.74, 6) is -0.0678. The first kappa shape index (κ1) is 20.3. The molecule has 0 aliphatic carbocycles. The highest BCUT2D eigenvalue weighted by molar-refractivity contribution is 5.93. The van der Waals surface area contributed by atoms with Crippen molar-refractivity contribution in [3.05, 3.63) is 64.0 Å². The summed E-state index contributed by atoms with van der Waals surface area (Å²) in [5, 5.41) is 15.4. The molecule has 7 nitrogen and oxygen atoms in total. The van der Waals surface area contributed by atoms with Crippen LogP contribution < -0.4 is 15.4 Å². The fourth-order valence-corrected chi connectivity index (χ4v) is 2.82. The van der Waals surface area contributed by atoms with Crippen LogP contribution in [0, 0.1) is 21.8 Å². The first-order valence-electron chi connectivity index (χ1n) is 8.53. The Balaban J connectivity index is 2.07. The molecule has 2 aromatic rings. The minimum absolute atomic E-state index is 0.0247. The van der Waals surface area contributed by atoms with Crippen LogP contribution in [0.15, 0.2) is 42.5 Å². The molecule has 2 aromatic carbocycles. The van der Waals surface area contributed by atoms with Crippen LogP contribution in [-0.4, -0.2) is 24.5 Å². The summed E-state index contributed by atoms with van der Waals surface area (Å²) in [6.07, 6.45) is 0. The molecule has 0 unspecified atom stereocenters. The van der Waals surface area contributed by atoms with Crippen molar-refractivity contribution in [1.82, 2.24) is 0 Å². The molecule has 0 aromatic heterocycles. The zero-order valence-corrected chi connectivity index (χ0v) is 15.4. The molecule has 3 N–H and O–H groups in total. The number of nitrogens with one attached hydrogen (secondary N) is 1. The summed E-state index contributed by atoms with van der Waals surface area (Å²) in [6.45, 7) is 4.14. The Morgan fingerprint density at radius 1 is 1.26 bits per heavy atom. The number of carbonyl (C=O) groups excluding carboxylic acids is 1. The number of benzene rings is 2. The van der Waals surface area contributed by atoms with Gasteiger partial charge in [-0.2, -0.15) is 0 Å². The van der Waals surface area contributed by atoms with Gasteiger partial charge in [-0.1, -0.05) is 26.0 Å². The van der Waals surface area contributed by atoms with E-state index >= 15 is 0 Å². The average Bonchev–Trinajstić information content (AvgIpc) is 2.63. The van der Waals surface area contributed by atoms with Gasteiger partial charge in [0.25, 0.3) is 11.6 Å². The number of nitrogens with zero attached hydrogens (tertiary/aromatic N) is 1. The topological polar surface area (TPSA) is 98.1 Å². The van der Waals surface area contributed by atoms with E-state index in [1.807, 2.05) is 19.2 Å². The molecule has 0 aliphatic rings. The van der Waals surface area contributed by atoms with Gasteiger partial charge >= 0.3 is 0 Å². The maximum absolute atomic E-state index is 13.1. The lowest BCUT2D eigenvalue weighted by molar-refractivity contribution is -0.692. The van der Waals surface area contributed by atoms with Crippen LogP contribution in [0.4, 0.5) is 15.8 Å². The lowest BCUT2D eigenvalue weighted by atomic mass is 9.96. The van der Waals surface area contributed by atoms with Crippen molar-refractivity contribution in [3.63, 3.8) is 0 Å². The molecule has 27 heavy (non-hydrogen) atoms. The van der Waals surface area contributed by atoms with E-state index in [0.29, 0.717) is 5.75 Å². The van der Waals surface area contributed by atoms with E-state index in [1.165, 1.54) is 37.4 Å². The Bertz CT molecular complexity index is 809. The Hall–Kier alpha value is -3.00. The minimum atomic E-state index is -0.537. The van der Waals surface area contributed by atoms with Crippen molar-refractivity contribution in [1.29, 1.82) is 0 Å². The SMILES string of the molecule is COc1ccc([N+](=O)[O-])cc1NC(=O)C[NH2+][C@@H](c1ccc(F)cc1)C(C)C. The largest absolute Gasteiger partial charge is 0.495 e. The number of ether oxygens (including phenoxy) is 1. The molecule has 144 valence electrons. The molecule has 1 atom stereocenters. The van der Waals surface area contributed by atoms with Crippen molar-refractivity contribution in [2.24, 2.45) is 5.92 Å². The monoisotopic (exact) mass is 376 g/mol. The van der Waals surface area contributed by atoms with Gasteiger partial charge in [-0.3, -0.25) is 14.9 Å². The van der Waals surface area contributed by atoms with Gasteiger partial charge in [-0.05, 0) is 18.2 Å². The highest BCUT2D eigenvalue weighted by Crippen LogP contribution is 2.28. The quantitative estimate of drug-likeness (QED) is 0.547. The van der Waals surface area contributed by atoms with Crippen molar-refractivity contribution >= 4 is 17.3 Å². The molecule has 0 saturated heterocycles. The number of anilines is 1. The maximum atomic E-state index is 13.1. The zero-order valence-electron chi connectivity index (χ0n) is 15.4. The third-order valence-corrected chi connectivity index (χ3v) is 4.20. The highest BCUT2D eigenvalue weighted by Gasteiger charge is 2.21. The highest BCUT2D eigenvalue weighted by atomic mass is 19.1. The summed E-state index contributed by atoms with van der Waals surface area (Å²) in [4.78, 5) is 22.7. The number of hydrogen-bond acceptors (Lipinski definition) is 4. The van der Waals surface area contributed by atoms with Crippen molar-refractivity contribution in [2.75, 3.05) is 19.0 Å². The van der Waals surface area contributed by atoms with Crippen LogP contribution in [-0.2, 0) is 4.79 Å². The molecule has 0 saturated carbocycles. The van der Waals surface area contributed by atoms with Gasteiger partial charge < -0.3 is 15.4 Å². The summed E-state index contributed by atoms with van der Waals surface area (Å²) < 4.78 is 18.3. The summed E-state index contributed by atoms with van der Waals surface area (Å²) in [7, 11) is 1.42. The number of nitrogens with two attached hydrogens (primary N) is 1. The molecule has 0 aliphatic heterocycles. The number of nitro benzene ring substituents is 1. The number of carbonyl (C=O) groups is 1. The lowest BCUT2D eigenvalue weighted by Gasteiger charge is -2.19. The van der Waals surface area contributed by atoms with Crippen LogP contribution in [0.2, 0.25) is 0 Å². The van der Waals surface area contributed by atoms with E-state index in [2.05, 4.69) is 5.32 Å². The lowest BCUT2D eigenvalue weighted by Crippen LogP contribution is -2.88. The minimum Gasteiger partial charge on any atom is -0.495 e. The normalized spacial score (nSPS) is 11.9. The number of halogens is 1. The van der Waals surface area contributed by atoms with Gasteiger partial charge in [-0.25, -0.2) is 4.39 Å². The van der Waals surface area contributed by atoms with Crippen molar-refractivity contribution in [3.8, 4) is 5.75 Å². The predicted octanol–water partition coefficient (Wildman–Crippen LogP) is 2.64. The van der Waals surface area contributed by atoms with E-state index in [9.17, 15) is 19.3 Å². The number of non-ortho nitro benzene ring substituents is 1. The Labute approximate surface area is 156 Å². The molecule has 1 amide bonds. The Kier molecular flexibility index (Phi) is 6.84. The van der Waals surface area contributed by atoms with Crippen LogP contribution in [0.3, 0.4) is 0 Å². The molecule has 0 spiro atoms. The summed E-state index contributed by atoms with van der Waals surface area (Å²) in [6, 6.07) is 10.2. The second kappa shape index (κ2) is 9.09. The molecule has 2 rings (SSSR count). The van der Waals surface area contributed by atoms with Crippen molar-refractivity contribution in [2.45, 2.75) is 19.9 Å². The fraction of sp³-hybridized carbons (Fsp3) is 0.316. The van der Waals surface area contributed by atoms with Gasteiger partial charge in [0.1, 0.15) is 17.6 Å². The van der Waals surface area contributed by atoms with Crippen molar-refractivity contribution < 1.29 is 24.2 Å². The number of amides is 1. The van der Waals surface area contributed by atoms with E-state index in [0.717, 1.165) is 5.56 Å². The summed E-state index contributed by atoms with van der Waals surface area (Å²) >= 11 is 0. The molecular weight excluding hydrogens is 353 g/mol. The molecule has 0 heterocycles. The van der Waals surface area contributed by atoms with Crippen LogP contribution >= 0.6 is 0 Å². The fourth-order valence-electron chi connectivity index (χ4n) is 2.82. The number of hydrogen-bond donors (Lipinski definition) is 2. The zero-order chi connectivity index (χ0) is 20.0. The predicted molar refractivity (Wildman–Crippen MR) is 99.0 cm³/mol. The number of rotatable bonds is 8.